The summed E-state index contributed by atoms with van der Waals surface area (Å²) < 4.78 is 0. The molecule has 0 saturated carbocycles. The molecule has 2 unspecified atom stereocenters. The van der Waals surface area contributed by atoms with E-state index in [-0.39, 0.29) is 23.6 Å². The van der Waals surface area contributed by atoms with Crippen LogP contribution >= 0.6 is 0 Å². The van der Waals surface area contributed by atoms with Gasteiger partial charge in [-0.3, -0.25) is 4.79 Å². The molecule has 2 atom stereocenters. The third kappa shape index (κ3) is 3.68. The summed E-state index contributed by atoms with van der Waals surface area (Å²) in [6, 6.07) is 7.00. The van der Waals surface area contributed by atoms with Gasteiger partial charge in [0.05, 0.1) is 17.5 Å². The number of amides is 1. The Balaban J connectivity index is 1.65. The molecule has 0 radical (unpaired) electrons. The van der Waals surface area contributed by atoms with E-state index in [1.807, 2.05) is 13.1 Å². The number of rotatable bonds is 2. The van der Waals surface area contributed by atoms with Crippen LogP contribution in [0.3, 0.4) is 0 Å². The summed E-state index contributed by atoms with van der Waals surface area (Å²) in [7, 11) is 1.84. The standard InChI is InChI=1S/C19H24N2O2/c1-20-17(10-9-15-7-3-4-8-18(15)22)13-16(19(20)23)14-21-11-5-2-6-12-21/h3-4,7-8,16-17,22H,2,5-6,11-14H2,1H3. The number of piperidine rings is 1. The van der Waals surface area contributed by atoms with Gasteiger partial charge in [-0.05, 0) is 44.5 Å². The molecular formula is C19H24N2O2. The van der Waals surface area contributed by atoms with Gasteiger partial charge >= 0.3 is 0 Å². The summed E-state index contributed by atoms with van der Waals surface area (Å²) in [5, 5.41) is 9.78. The molecule has 23 heavy (non-hydrogen) atoms. The van der Waals surface area contributed by atoms with E-state index in [2.05, 4.69) is 16.7 Å². The quantitative estimate of drug-likeness (QED) is 0.850. The van der Waals surface area contributed by atoms with Crippen molar-refractivity contribution >= 4 is 5.91 Å². The van der Waals surface area contributed by atoms with Gasteiger partial charge in [-0.1, -0.05) is 30.4 Å². The average molecular weight is 312 g/mol. The maximum absolute atomic E-state index is 12.4. The first kappa shape index (κ1) is 15.9. The number of phenolic OH excluding ortho intramolecular Hbond substituents is 1. The van der Waals surface area contributed by atoms with Crippen LogP contribution in [0.1, 0.15) is 31.2 Å². The van der Waals surface area contributed by atoms with Gasteiger partial charge in [0.1, 0.15) is 5.75 Å². The number of likely N-dealkylation sites (tertiary alicyclic amines) is 2. The second-order valence-electron chi connectivity index (χ2n) is 6.55. The van der Waals surface area contributed by atoms with Crippen molar-refractivity contribution in [2.24, 2.45) is 5.92 Å². The number of phenols is 1. The van der Waals surface area contributed by atoms with Crippen LogP contribution in [0, 0.1) is 17.8 Å². The predicted octanol–water partition coefficient (Wildman–Crippen LogP) is 2.08. The molecular weight excluding hydrogens is 288 g/mol. The van der Waals surface area contributed by atoms with Crippen LogP contribution in [0.4, 0.5) is 0 Å². The first-order chi connectivity index (χ1) is 11.1. The highest BCUT2D eigenvalue weighted by atomic mass is 16.3. The molecule has 0 bridgehead atoms. The zero-order valence-electron chi connectivity index (χ0n) is 13.7. The van der Waals surface area contributed by atoms with E-state index in [0.29, 0.717) is 5.56 Å². The fourth-order valence-electron chi connectivity index (χ4n) is 3.47. The minimum absolute atomic E-state index is 0.0572. The summed E-state index contributed by atoms with van der Waals surface area (Å²) in [6.07, 6.45) is 4.58. The van der Waals surface area contributed by atoms with E-state index < -0.39 is 0 Å². The molecule has 2 heterocycles. The second-order valence-corrected chi connectivity index (χ2v) is 6.55. The zero-order chi connectivity index (χ0) is 16.2. The normalized spacial score (nSPS) is 25.3. The Labute approximate surface area is 138 Å². The van der Waals surface area contributed by atoms with Gasteiger partial charge in [0.15, 0.2) is 0 Å². The van der Waals surface area contributed by atoms with E-state index in [0.717, 1.165) is 26.1 Å². The molecule has 2 fully saturated rings. The Morgan fingerprint density at radius 1 is 1.22 bits per heavy atom. The van der Waals surface area contributed by atoms with Crippen molar-refractivity contribution in [1.29, 1.82) is 0 Å². The lowest BCUT2D eigenvalue weighted by molar-refractivity contribution is -0.130. The number of nitrogens with zero attached hydrogens (tertiary/aromatic N) is 2. The molecule has 1 aromatic carbocycles. The van der Waals surface area contributed by atoms with Crippen LogP contribution in [-0.4, -0.2) is 53.5 Å². The van der Waals surface area contributed by atoms with E-state index >= 15 is 0 Å². The van der Waals surface area contributed by atoms with Crippen molar-refractivity contribution in [2.45, 2.75) is 31.7 Å². The molecule has 2 aliphatic rings. The van der Waals surface area contributed by atoms with Gasteiger partial charge in [0.2, 0.25) is 5.91 Å². The Hall–Kier alpha value is -1.99. The summed E-state index contributed by atoms with van der Waals surface area (Å²) >= 11 is 0. The first-order valence-electron chi connectivity index (χ1n) is 8.43. The maximum atomic E-state index is 12.4. The SMILES string of the molecule is CN1C(=O)C(CN2CCCCC2)CC1C#Cc1ccccc1O. The van der Waals surface area contributed by atoms with Crippen LogP contribution in [0.5, 0.6) is 5.75 Å². The highest BCUT2D eigenvalue weighted by molar-refractivity contribution is 5.82. The number of hydrogen-bond acceptors (Lipinski definition) is 3. The predicted molar refractivity (Wildman–Crippen MR) is 89.9 cm³/mol. The molecule has 0 aromatic heterocycles. The van der Waals surface area contributed by atoms with Crippen molar-refractivity contribution < 1.29 is 9.90 Å². The summed E-state index contributed by atoms with van der Waals surface area (Å²) in [5.74, 6) is 6.64. The fraction of sp³-hybridized carbons (Fsp3) is 0.526. The van der Waals surface area contributed by atoms with Gasteiger partial charge in [-0.25, -0.2) is 0 Å². The Bertz CT molecular complexity index is 626. The molecule has 1 N–H and O–H groups in total. The molecule has 1 amide bonds. The fourth-order valence-corrected chi connectivity index (χ4v) is 3.47. The lowest BCUT2D eigenvalue weighted by Crippen LogP contribution is -2.37. The van der Waals surface area contributed by atoms with Crippen LogP contribution in [0.15, 0.2) is 24.3 Å². The molecule has 0 spiro atoms. The molecule has 2 aliphatic heterocycles. The molecule has 1 aromatic rings. The number of hydrogen-bond donors (Lipinski definition) is 1. The lowest BCUT2D eigenvalue weighted by atomic mass is 10.0. The number of benzene rings is 1. The number of aromatic hydroxyl groups is 1. The van der Waals surface area contributed by atoms with E-state index in [1.165, 1.54) is 19.3 Å². The van der Waals surface area contributed by atoms with Crippen LogP contribution in [0.25, 0.3) is 0 Å². The molecule has 4 heteroatoms. The average Bonchev–Trinajstić information content (AvgIpc) is 2.83. The smallest absolute Gasteiger partial charge is 0.227 e. The molecule has 0 aliphatic carbocycles. The highest BCUT2D eigenvalue weighted by Gasteiger charge is 2.37. The van der Waals surface area contributed by atoms with Crippen molar-refractivity contribution in [2.75, 3.05) is 26.7 Å². The minimum Gasteiger partial charge on any atom is -0.507 e. The van der Waals surface area contributed by atoms with Crippen LogP contribution in [-0.2, 0) is 4.79 Å². The monoisotopic (exact) mass is 312 g/mol. The molecule has 3 rings (SSSR count). The van der Waals surface area contributed by atoms with Gasteiger partial charge in [-0.2, -0.15) is 0 Å². The third-order valence-corrected chi connectivity index (χ3v) is 4.88. The maximum Gasteiger partial charge on any atom is 0.227 e. The van der Waals surface area contributed by atoms with Crippen molar-refractivity contribution in [1.82, 2.24) is 9.80 Å². The summed E-state index contributed by atoms with van der Waals surface area (Å²) in [4.78, 5) is 16.6. The van der Waals surface area contributed by atoms with Crippen LogP contribution < -0.4 is 0 Å². The van der Waals surface area contributed by atoms with Crippen LogP contribution in [0.2, 0.25) is 0 Å². The van der Waals surface area contributed by atoms with Gasteiger partial charge in [0.25, 0.3) is 0 Å². The Morgan fingerprint density at radius 2 is 1.96 bits per heavy atom. The minimum atomic E-state index is -0.0584. The Kier molecular flexibility index (Phi) is 4.88. The number of carbonyl (C=O) groups excluding carboxylic acids is 1. The van der Waals surface area contributed by atoms with Gasteiger partial charge in [-0.15, -0.1) is 0 Å². The van der Waals surface area contributed by atoms with Crippen molar-refractivity contribution in [3.05, 3.63) is 29.8 Å². The Morgan fingerprint density at radius 3 is 2.70 bits per heavy atom. The van der Waals surface area contributed by atoms with E-state index in [4.69, 9.17) is 0 Å². The summed E-state index contributed by atoms with van der Waals surface area (Å²) in [6.45, 7) is 3.08. The first-order valence-corrected chi connectivity index (χ1v) is 8.43. The number of carbonyl (C=O) groups is 1. The molecule has 4 nitrogen and oxygen atoms in total. The molecule has 122 valence electrons. The zero-order valence-corrected chi connectivity index (χ0v) is 13.7. The second kappa shape index (κ2) is 7.06. The molecule has 2 saturated heterocycles. The van der Waals surface area contributed by atoms with E-state index in [1.54, 1.807) is 23.1 Å². The topological polar surface area (TPSA) is 43.8 Å². The van der Waals surface area contributed by atoms with Gasteiger partial charge < -0.3 is 14.9 Å². The van der Waals surface area contributed by atoms with E-state index in [9.17, 15) is 9.90 Å². The van der Waals surface area contributed by atoms with Crippen molar-refractivity contribution in [3.8, 4) is 17.6 Å². The largest absolute Gasteiger partial charge is 0.507 e. The summed E-state index contributed by atoms with van der Waals surface area (Å²) in [5.41, 5.74) is 0.618. The highest BCUT2D eigenvalue weighted by Crippen LogP contribution is 2.25. The lowest BCUT2D eigenvalue weighted by Gasteiger charge is -2.28. The number of para-hydroxylation sites is 1. The van der Waals surface area contributed by atoms with Gasteiger partial charge in [0, 0.05) is 13.6 Å². The van der Waals surface area contributed by atoms with Crippen molar-refractivity contribution in [3.63, 3.8) is 0 Å². The third-order valence-electron chi connectivity index (χ3n) is 4.88.